The van der Waals surface area contributed by atoms with Gasteiger partial charge in [0.25, 0.3) is 0 Å². The molecule has 0 amide bonds. The van der Waals surface area contributed by atoms with Crippen LogP contribution in [0.15, 0.2) is 18.2 Å². The molecule has 1 N–H and O–H groups in total. The van der Waals surface area contributed by atoms with Gasteiger partial charge in [0.05, 0.1) is 0 Å². The number of hydrogen-bond acceptors (Lipinski definition) is 1. The minimum atomic E-state index is 0.484. The Morgan fingerprint density at radius 3 is 2.29 bits per heavy atom. The van der Waals surface area contributed by atoms with Crippen LogP contribution >= 0.6 is 23.2 Å². The Morgan fingerprint density at radius 1 is 1.18 bits per heavy atom. The van der Waals surface area contributed by atoms with E-state index in [0.29, 0.717) is 6.04 Å². The Bertz CT molecular complexity index is 332. The zero-order chi connectivity index (χ0) is 12.8. The van der Waals surface area contributed by atoms with Crippen molar-refractivity contribution in [1.29, 1.82) is 0 Å². The van der Waals surface area contributed by atoms with Crippen LogP contribution in [0.4, 0.5) is 0 Å². The van der Waals surface area contributed by atoms with Gasteiger partial charge < -0.3 is 5.32 Å². The molecule has 1 aromatic rings. The molecule has 0 aliphatic rings. The molecule has 0 saturated carbocycles. The van der Waals surface area contributed by atoms with Gasteiger partial charge >= 0.3 is 0 Å². The lowest BCUT2D eigenvalue weighted by atomic mass is 10.0. The average molecular weight is 274 g/mol. The number of nitrogens with one attached hydrogen (secondary N) is 1. The number of halogens is 2. The third-order valence-corrected chi connectivity index (χ3v) is 3.85. The van der Waals surface area contributed by atoms with Crippen molar-refractivity contribution in [3.63, 3.8) is 0 Å². The lowest BCUT2D eigenvalue weighted by Crippen LogP contribution is -2.27. The van der Waals surface area contributed by atoms with Gasteiger partial charge in [-0.3, -0.25) is 0 Å². The normalized spacial score (nSPS) is 14.6. The highest BCUT2D eigenvalue weighted by Crippen LogP contribution is 2.24. The fourth-order valence-electron chi connectivity index (χ4n) is 1.83. The predicted molar refractivity (Wildman–Crippen MR) is 76.8 cm³/mol. The van der Waals surface area contributed by atoms with Crippen LogP contribution in [-0.2, 0) is 6.54 Å². The third kappa shape index (κ3) is 4.87. The molecule has 0 aliphatic carbocycles. The number of rotatable bonds is 6. The monoisotopic (exact) mass is 273 g/mol. The Balaban J connectivity index is 2.50. The molecule has 2 atom stereocenters. The van der Waals surface area contributed by atoms with E-state index < -0.39 is 0 Å². The summed E-state index contributed by atoms with van der Waals surface area (Å²) in [6, 6.07) is 6.11. The predicted octanol–water partition coefficient (Wildman–Crippen LogP) is 4.91. The molecule has 3 heteroatoms. The van der Waals surface area contributed by atoms with Crippen LogP contribution in [0.2, 0.25) is 10.0 Å². The van der Waals surface area contributed by atoms with E-state index >= 15 is 0 Å². The maximum absolute atomic E-state index is 6.12. The number of hydrogen-bond donors (Lipinski definition) is 1. The van der Waals surface area contributed by atoms with E-state index in [9.17, 15) is 0 Å². The molecule has 0 bridgehead atoms. The van der Waals surface area contributed by atoms with Crippen molar-refractivity contribution in [2.24, 2.45) is 5.92 Å². The maximum Gasteiger partial charge on any atom is 0.0465 e. The molecule has 17 heavy (non-hydrogen) atoms. The van der Waals surface area contributed by atoms with E-state index in [2.05, 4.69) is 26.1 Å². The van der Waals surface area contributed by atoms with Gasteiger partial charge in [-0.2, -0.15) is 0 Å². The van der Waals surface area contributed by atoms with Crippen LogP contribution in [0.1, 0.15) is 39.2 Å². The molecule has 2 unspecified atom stereocenters. The first-order valence-corrected chi connectivity index (χ1v) is 6.96. The fourth-order valence-corrected chi connectivity index (χ4v) is 2.36. The zero-order valence-corrected chi connectivity index (χ0v) is 12.3. The Morgan fingerprint density at radius 2 is 1.76 bits per heavy atom. The maximum atomic E-state index is 6.12. The van der Waals surface area contributed by atoms with Crippen LogP contribution in [-0.4, -0.2) is 6.04 Å². The van der Waals surface area contributed by atoms with Crippen molar-refractivity contribution in [3.05, 3.63) is 33.8 Å². The van der Waals surface area contributed by atoms with Crippen molar-refractivity contribution in [2.75, 3.05) is 0 Å². The molecule has 0 heterocycles. The molecule has 1 rings (SSSR count). The van der Waals surface area contributed by atoms with E-state index in [-0.39, 0.29) is 0 Å². The highest BCUT2D eigenvalue weighted by Gasteiger charge is 2.09. The molecular formula is C14H21Cl2N. The van der Waals surface area contributed by atoms with Crippen LogP contribution < -0.4 is 5.32 Å². The van der Waals surface area contributed by atoms with Crippen molar-refractivity contribution in [3.8, 4) is 0 Å². The van der Waals surface area contributed by atoms with Gasteiger partial charge in [-0.25, -0.2) is 0 Å². The standard InChI is InChI=1S/C14H21Cl2N/c1-4-10(2)8-11(3)17-9-12-13(15)6-5-7-14(12)16/h5-7,10-11,17H,4,8-9H2,1-3H3. The van der Waals surface area contributed by atoms with Crippen molar-refractivity contribution in [2.45, 2.75) is 46.2 Å². The highest BCUT2D eigenvalue weighted by atomic mass is 35.5. The van der Waals surface area contributed by atoms with Gasteiger partial charge in [0.2, 0.25) is 0 Å². The molecule has 0 spiro atoms. The Kier molecular flexibility index (Phi) is 6.32. The number of benzene rings is 1. The lowest BCUT2D eigenvalue weighted by Gasteiger charge is -2.18. The van der Waals surface area contributed by atoms with Gasteiger partial charge in [-0.05, 0) is 31.4 Å². The van der Waals surface area contributed by atoms with E-state index in [1.165, 1.54) is 12.8 Å². The van der Waals surface area contributed by atoms with E-state index in [0.717, 1.165) is 28.1 Å². The first kappa shape index (κ1) is 14.8. The third-order valence-electron chi connectivity index (χ3n) is 3.14. The second-order valence-electron chi connectivity index (χ2n) is 4.73. The first-order chi connectivity index (χ1) is 8.04. The molecule has 0 saturated heterocycles. The van der Waals surface area contributed by atoms with E-state index in [1.807, 2.05) is 18.2 Å². The minimum Gasteiger partial charge on any atom is -0.310 e. The van der Waals surface area contributed by atoms with Crippen LogP contribution in [0.3, 0.4) is 0 Å². The largest absolute Gasteiger partial charge is 0.310 e. The Labute approximate surface area is 115 Å². The molecule has 0 aromatic heterocycles. The van der Waals surface area contributed by atoms with Crippen LogP contribution in [0.5, 0.6) is 0 Å². The summed E-state index contributed by atoms with van der Waals surface area (Å²) in [7, 11) is 0. The van der Waals surface area contributed by atoms with Crippen LogP contribution in [0, 0.1) is 5.92 Å². The summed E-state index contributed by atoms with van der Waals surface area (Å²) in [6.07, 6.45) is 2.40. The van der Waals surface area contributed by atoms with Gasteiger partial charge in [-0.15, -0.1) is 0 Å². The van der Waals surface area contributed by atoms with Crippen molar-refractivity contribution >= 4 is 23.2 Å². The summed E-state index contributed by atoms with van der Waals surface area (Å²) in [6.45, 7) is 7.44. The molecule has 1 aromatic carbocycles. The second-order valence-corrected chi connectivity index (χ2v) is 5.55. The summed E-state index contributed by atoms with van der Waals surface area (Å²) in [4.78, 5) is 0. The van der Waals surface area contributed by atoms with Gasteiger partial charge in [-0.1, -0.05) is 49.5 Å². The zero-order valence-electron chi connectivity index (χ0n) is 10.8. The summed E-state index contributed by atoms with van der Waals surface area (Å²) in [5.74, 6) is 0.749. The van der Waals surface area contributed by atoms with Gasteiger partial charge in [0.1, 0.15) is 0 Å². The summed E-state index contributed by atoms with van der Waals surface area (Å²) in [5, 5.41) is 4.95. The SMILES string of the molecule is CCC(C)CC(C)NCc1c(Cl)cccc1Cl. The highest BCUT2D eigenvalue weighted by molar-refractivity contribution is 6.35. The van der Waals surface area contributed by atoms with E-state index in [1.54, 1.807) is 0 Å². The van der Waals surface area contributed by atoms with Gasteiger partial charge in [0, 0.05) is 28.2 Å². The van der Waals surface area contributed by atoms with Crippen LogP contribution in [0.25, 0.3) is 0 Å². The molecule has 0 aliphatic heterocycles. The summed E-state index contributed by atoms with van der Waals surface area (Å²) >= 11 is 12.2. The first-order valence-electron chi connectivity index (χ1n) is 6.20. The molecule has 0 fully saturated rings. The fraction of sp³-hybridized carbons (Fsp3) is 0.571. The van der Waals surface area contributed by atoms with Crippen molar-refractivity contribution in [1.82, 2.24) is 5.32 Å². The lowest BCUT2D eigenvalue weighted by molar-refractivity contribution is 0.412. The van der Waals surface area contributed by atoms with E-state index in [4.69, 9.17) is 23.2 Å². The molecular weight excluding hydrogens is 253 g/mol. The smallest absolute Gasteiger partial charge is 0.0465 e. The molecule has 96 valence electrons. The molecule has 0 radical (unpaired) electrons. The second kappa shape index (κ2) is 7.25. The minimum absolute atomic E-state index is 0.484. The van der Waals surface area contributed by atoms with Crippen molar-refractivity contribution < 1.29 is 0 Å². The topological polar surface area (TPSA) is 12.0 Å². The summed E-state index contributed by atoms with van der Waals surface area (Å²) in [5.41, 5.74) is 0.992. The molecule has 1 nitrogen and oxygen atoms in total. The quantitative estimate of drug-likeness (QED) is 0.777. The Hall–Kier alpha value is -0.240. The summed E-state index contributed by atoms with van der Waals surface area (Å²) < 4.78 is 0. The average Bonchev–Trinajstić information content (AvgIpc) is 2.28. The van der Waals surface area contributed by atoms with Gasteiger partial charge in [0.15, 0.2) is 0 Å².